The number of carbonyl (C=O) groups excluding carboxylic acids is 2. The highest BCUT2D eigenvalue weighted by Gasteiger charge is 2.39. The van der Waals surface area contributed by atoms with Crippen molar-refractivity contribution in [3.05, 3.63) is 65.7 Å². The van der Waals surface area contributed by atoms with Gasteiger partial charge in [0.2, 0.25) is 5.91 Å². The summed E-state index contributed by atoms with van der Waals surface area (Å²) in [5.41, 5.74) is 2.22. The number of phenolic OH excluding ortho intramolecular Hbond substituents is 1. The fourth-order valence-electron chi connectivity index (χ4n) is 4.83. The molecule has 0 saturated carbocycles. The van der Waals surface area contributed by atoms with Crippen LogP contribution in [0, 0.1) is 11.8 Å². The Morgan fingerprint density at radius 1 is 1.17 bits per heavy atom. The topological polar surface area (TPSA) is 78.9 Å². The predicted octanol–water partition coefficient (Wildman–Crippen LogP) is 4.34. The molecule has 1 heterocycles. The Kier molecular flexibility index (Phi) is 10.6. The molecule has 1 aliphatic rings. The largest absolute Gasteiger partial charge is 0.508 e. The predicted molar refractivity (Wildman–Crippen MR) is 141 cm³/mol. The molecular weight excluding hydrogens is 464 g/mol. The normalized spacial score (nSPS) is 21.1. The number of nitrogens with one attached hydrogen (secondary N) is 1. The van der Waals surface area contributed by atoms with Gasteiger partial charge >= 0.3 is 5.97 Å². The highest BCUT2D eigenvalue weighted by Crippen LogP contribution is 2.40. The molecule has 7 heteroatoms. The van der Waals surface area contributed by atoms with E-state index in [1.165, 1.54) is 0 Å². The molecule has 2 aromatic carbocycles. The summed E-state index contributed by atoms with van der Waals surface area (Å²) in [4.78, 5) is 27.4. The monoisotopic (exact) mass is 502 g/mol. The molecule has 2 N–H and O–H groups in total. The van der Waals surface area contributed by atoms with Gasteiger partial charge < -0.3 is 20.1 Å². The lowest BCUT2D eigenvalue weighted by Gasteiger charge is -2.45. The van der Waals surface area contributed by atoms with Gasteiger partial charge in [0.1, 0.15) is 12.3 Å². The Morgan fingerprint density at radius 3 is 2.51 bits per heavy atom. The standard InChI is InChI=1S/C28H38N2O4.ClH/c1-20(2)34-26(32)17-29-27(33)23(15-22-9-6-5-7-10-22)19-30-14-13-28(4,21(3)18-30)24-11-8-12-25(31)16-24;/h5-12,16,20-21,23,31H,13-15,17-19H2,1-4H3,(H,29,33);1H. The zero-order chi connectivity index (χ0) is 24.7. The van der Waals surface area contributed by atoms with Crippen LogP contribution in [0.3, 0.4) is 0 Å². The van der Waals surface area contributed by atoms with Gasteiger partial charge in [0.05, 0.1) is 12.0 Å². The van der Waals surface area contributed by atoms with Crippen LogP contribution in [0.5, 0.6) is 5.75 Å². The molecular formula is C28H39ClN2O4. The van der Waals surface area contributed by atoms with Crippen LogP contribution in [0.4, 0.5) is 0 Å². The van der Waals surface area contributed by atoms with E-state index in [0.717, 1.165) is 30.6 Å². The van der Waals surface area contributed by atoms with Crippen molar-refractivity contribution in [1.29, 1.82) is 0 Å². The molecule has 0 radical (unpaired) electrons. The Labute approximate surface area is 215 Å². The summed E-state index contributed by atoms with van der Waals surface area (Å²) >= 11 is 0. The minimum atomic E-state index is -0.421. The van der Waals surface area contributed by atoms with E-state index in [4.69, 9.17) is 4.74 Å². The van der Waals surface area contributed by atoms with Crippen LogP contribution in [-0.2, 0) is 26.2 Å². The number of benzene rings is 2. The third-order valence-corrected chi connectivity index (χ3v) is 7.02. The maximum absolute atomic E-state index is 13.1. The summed E-state index contributed by atoms with van der Waals surface area (Å²) in [6.07, 6.45) is 1.35. The molecule has 192 valence electrons. The lowest BCUT2D eigenvalue weighted by molar-refractivity contribution is -0.147. The van der Waals surface area contributed by atoms with Crippen molar-refractivity contribution in [1.82, 2.24) is 10.2 Å². The first kappa shape index (κ1) is 28.7. The first-order chi connectivity index (χ1) is 16.2. The number of hydrogen-bond acceptors (Lipinski definition) is 5. The van der Waals surface area contributed by atoms with Crippen LogP contribution in [0.25, 0.3) is 0 Å². The van der Waals surface area contributed by atoms with E-state index in [1.54, 1.807) is 19.9 Å². The average Bonchev–Trinajstić information content (AvgIpc) is 2.80. The van der Waals surface area contributed by atoms with Gasteiger partial charge in [0.25, 0.3) is 0 Å². The molecule has 0 aromatic heterocycles. The second kappa shape index (κ2) is 12.9. The fourth-order valence-corrected chi connectivity index (χ4v) is 4.83. The number of carbonyl (C=O) groups is 2. The van der Waals surface area contributed by atoms with Gasteiger partial charge in [-0.25, -0.2) is 0 Å². The highest BCUT2D eigenvalue weighted by atomic mass is 35.5. The second-order valence-electron chi connectivity index (χ2n) is 10.0. The van der Waals surface area contributed by atoms with Crippen molar-refractivity contribution in [3.8, 4) is 5.75 Å². The minimum absolute atomic E-state index is 0. The Hall–Kier alpha value is -2.57. The van der Waals surface area contributed by atoms with Gasteiger partial charge in [-0.05, 0) is 67.8 Å². The zero-order valence-electron chi connectivity index (χ0n) is 21.2. The SMILES string of the molecule is CC(C)OC(=O)CNC(=O)C(Cc1ccccc1)CN1CCC(C)(c2cccc(O)c2)C(C)C1.Cl. The molecule has 1 fully saturated rings. The van der Waals surface area contributed by atoms with E-state index in [1.807, 2.05) is 42.5 Å². The molecule has 1 aliphatic heterocycles. The van der Waals surface area contributed by atoms with Gasteiger partial charge in [0.15, 0.2) is 0 Å². The Bertz CT molecular complexity index is 968. The first-order valence-electron chi connectivity index (χ1n) is 12.2. The quantitative estimate of drug-likeness (QED) is 0.499. The summed E-state index contributed by atoms with van der Waals surface area (Å²) < 4.78 is 5.15. The van der Waals surface area contributed by atoms with E-state index in [2.05, 4.69) is 30.1 Å². The van der Waals surface area contributed by atoms with E-state index in [9.17, 15) is 14.7 Å². The van der Waals surface area contributed by atoms with Gasteiger partial charge in [-0.15, -0.1) is 12.4 Å². The number of amides is 1. The molecule has 3 atom stereocenters. The first-order valence-corrected chi connectivity index (χ1v) is 12.2. The summed E-state index contributed by atoms with van der Waals surface area (Å²) in [5, 5.41) is 12.8. The second-order valence-corrected chi connectivity index (χ2v) is 10.0. The van der Waals surface area contributed by atoms with E-state index in [0.29, 0.717) is 24.6 Å². The third-order valence-electron chi connectivity index (χ3n) is 7.02. The van der Waals surface area contributed by atoms with Crippen LogP contribution < -0.4 is 5.32 Å². The Morgan fingerprint density at radius 2 is 1.89 bits per heavy atom. The number of likely N-dealkylation sites (tertiary alicyclic amines) is 1. The van der Waals surface area contributed by atoms with Gasteiger partial charge in [-0.3, -0.25) is 9.59 Å². The van der Waals surface area contributed by atoms with Crippen LogP contribution >= 0.6 is 12.4 Å². The molecule has 1 saturated heterocycles. The number of nitrogens with zero attached hydrogens (tertiary/aromatic N) is 1. The minimum Gasteiger partial charge on any atom is -0.508 e. The number of rotatable bonds is 9. The van der Waals surface area contributed by atoms with Crippen molar-refractivity contribution in [3.63, 3.8) is 0 Å². The summed E-state index contributed by atoms with van der Waals surface area (Å²) in [5.74, 6) is -0.172. The van der Waals surface area contributed by atoms with Crippen LogP contribution in [0.15, 0.2) is 54.6 Å². The van der Waals surface area contributed by atoms with Crippen LogP contribution in [0.1, 0.15) is 45.2 Å². The molecule has 0 aliphatic carbocycles. The lowest BCUT2D eigenvalue weighted by Crippen LogP contribution is -2.50. The fraction of sp³-hybridized carbons (Fsp3) is 0.500. The maximum Gasteiger partial charge on any atom is 0.325 e. The number of halogens is 1. The number of aromatic hydroxyl groups is 1. The van der Waals surface area contributed by atoms with E-state index >= 15 is 0 Å². The van der Waals surface area contributed by atoms with Crippen LogP contribution in [0.2, 0.25) is 0 Å². The molecule has 0 spiro atoms. The van der Waals surface area contributed by atoms with Crippen molar-refractivity contribution in [2.45, 2.75) is 52.1 Å². The highest BCUT2D eigenvalue weighted by molar-refractivity contribution is 5.85. The molecule has 0 bridgehead atoms. The maximum atomic E-state index is 13.1. The Balaban J connectivity index is 0.00000432. The van der Waals surface area contributed by atoms with Crippen molar-refractivity contribution in [2.75, 3.05) is 26.2 Å². The number of ether oxygens (including phenoxy) is 1. The van der Waals surface area contributed by atoms with E-state index < -0.39 is 5.97 Å². The van der Waals surface area contributed by atoms with Crippen molar-refractivity contribution in [2.24, 2.45) is 11.8 Å². The lowest BCUT2D eigenvalue weighted by atomic mass is 9.68. The number of esters is 1. The van der Waals surface area contributed by atoms with E-state index in [-0.39, 0.29) is 42.3 Å². The zero-order valence-corrected chi connectivity index (χ0v) is 22.0. The summed E-state index contributed by atoms with van der Waals surface area (Å²) in [6, 6.07) is 17.6. The molecule has 1 amide bonds. The summed E-state index contributed by atoms with van der Waals surface area (Å²) in [6.45, 7) is 10.3. The third kappa shape index (κ3) is 7.97. The van der Waals surface area contributed by atoms with Gasteiger partial charge in [-0.2, -0.15) is 0 Å². The smallest absolute Gasteiger partial charge is 0.325 e. The number of hydrogen-bond donors (Lipinski definition) is 2. The molecule has 2 aromatic rings. The van der Waals surface area contributed by atoms with Crippen LogP contribution in [-0.4, -0.2) is 54.2 Å². The number of piperidine rings is 1. The van der Waals surface area contributed by atoms with Crippen molar-refractivity contribution < 1.29 is 19.4 Å². The van der Waals surface area contributed by atoms with Gasteiger partial charge in [0, 0.05) is 13.1 Å². The molecule has 3 unspecified atom stereocenters. The molecule has 6 nitrogen and oxygen atoms in total. The average molecular weight is 503 g/mol. The van der Waals surface area contributed by atoms with Gasteiger partial charge in [-0.1, -0.05) is 56.3 Å². The summed E-state index contributed by atoms with van der Waals surface area (Å²) in [7, 11) is 0. The molecule has 3 rings (SSSR count). The molecule has 35 heavy (non-hydrogen) atoms. The van der Waals surface area contributed by atoms with Crippen molar-refractivity contribution >= 4 is 24.3 Å². The number of phenols is 1.